The van der Waals surface area contributed by atoms with Gasteiger partial charge in [-0.2, -0.15) is 0 Å². The molecule has 6 nitrogen and oxygen atoms in total. The van der Waals surface area contributed by atoms with Crippen LogP contribution in [0.15, 0.2) is 23.4 Å². The first-order valence-corrected chi connectivity index (χ1v) is 8.22. The van der Waals surface area contributed by atoms with Gasteiger partial charge in [-0.1, -0.05) is 17.3 Å². The summed E-state index contributed by atoms with van der Waals surface area (Å²) >= 11 is 0. The molecule has 1 aromatic rings. The fourth-order valence-electron chi connectivity index (χ4n) is 2.63. The summed E-state index contributed by atoms with van der Waals surface area (Å²) in [6.45, 7) is 4.22. The fraction of sp³-hybridized carbons (Fsp3) is 0.462. The number of para-hydroxylation sites is 1. The molecule has 0 amide bonds. The van der Waals surface area contributed by atoms with Crippen LogP contribution < -0.4 is 10.6 Å². The SMILES string of the molecule is Cc1cccc(/C(N)=N/O)c1N1CCS(=O)(=O)CC1C. The average Bonchev–Trinajstić information content (AvgIpc) is 2.38. The molecule has 0 aromatic heterocycles. The maximum Gasteiger partial charge on any atom is 0.172 e. The number of anilines is 1. The number of hydrogen-bond acceptors (Lipinski definition) is 5. The Morgan fingerprint density at radius 3 is 2.80 bits per heavy atom. The summed E-state index contributed by atoms with van der Waals surface area (Å²) in [6, 6.07) is 5.39. The van der Waals surface area contributed by atoms with Crippen molar-refractivity contribution in [1.82, 2.24) is 0 Å². The minimum absolute atomic E-state index is 0.0318. The number of sulfone groups is 1. The summed E-state index contributed by atoms with van der Waals surface area (Å²) in [5.74, 6) is 0.280. The first kappa shape index (κ1) is 14.6. The van der Waals surface area contributed by atoms with Gasteiger partial charge in [0.05, 0.1) is 17.2 Å². The van der Waals surface area contributed by atoms with Crippen LogP contribution in [0.2, 0.25) is 0 Å². The van der Waals surface area contributed by atoms with E-state index >= 15 is 0 Å². The largest absolute Gasteiger partial charge is 0.409 e. The predicted molar refractivity (Wildman–Crippen MR) is 79.2 cm³/mol. The molecule has 1 heterocycles. The van der Waals surface area contributed by atoms with Gasteiger partial charge in [0.15, 0.2) is 15.7 Å². The van der Waals surface area contributed by atoms with Crippen LogP contribution in [0.25, 0.3) is 0 Å². The maximum atomic E-state index is 11.7. The number of rotatable bonds is 2. The summed E-state index contributed by atoms with van der Waals surface area (Å²) in [5.41, 5.74) is 8.16. The Kier molecular flexibility index (Phi) is 3.89. The summed E-state index contributed by atoms with van der Waals surface area (Å²) in [5, 5.41) is 12.0. The minimum Gasteiger partial charge on any atom is -0.409 e. The molecule has 20 heavy (non-hydrogen) atoms. The quantitative estimate of drug-likeness (QED) is 0.363. The molecule has 1 aliphatic rings. The van der Waals surface area contributed by atoms with E-state index in [0.717, 1.165) is 11.3 Å². The van der Waals surface area contributed by atoms with E-state index in [1.807, 2.05) is 30.9 Å². The molecule has 110 valence electrons. The van der Waals surface area contributed by atoms with Crippen molar-refractivity contribution in [2.75, 3.05) is 23.0 Å². The van der Waals surface area contributed by atoms with Gasteiger partial charge in [-0.15, -0.1) is 0 Å². The number of benzene rings is 1. The zero-order chi connectivity index (χ0) is 14.9. The highest BCUT2D eigenvalue weighted by atomic mass is 32.2. The normalized spacial score (nSPS) is 22.8. The van der Waals surface area contributed by atoms with E-state index in [-0.39, 0.29) is 23.4 Å². The van der Waals surface area contributed by atoms with Crippen molar-refractivity contribution in [3.63, 3.8) is 0 Å². The van der Waals surface area contributed by atoms with Crippen LogP contribution in [0.4, 0.5) is 5.69 Å². The van der Waals surface area contributed by atoms with Crippen molar-refractivity contribution in [2.24, 2.45) is 10.9 Å². The molecule has 1 unspecified atom stereocenters. The average molecular weight is 297 g/mol. The fourth-order valence-corrected chi connectivity index (χ4v) is 4.19. The van der Waals surface area contributed by atoms with Gasteiger partial charge < -0.3 is 15.8 Å². The number of hydrogen-bond donors (Lipinski definition) is 2. The summed E-state index contributed by atoms with van der Waals surface area (Å²) < 4.78 is 23.4. The van der Waals surface area contributed by atoms with Crippen molar-refractivity contribution in [3.8, 4) is 0 Å². The lowest BCUT2D eigenvalue weighted by molar-refractivity contribution is 0.318. The first-order valence-electron chi connectivity index (χ1n) is 6.40. The van der Waals surface area contributed by atoms with Crippen LogP contribution in [0.5, 0.6) is 0 Å². The molecule has 0 saturated carbocycles. The second kappa shape index (κ2) is 5.32. The third kappa shape index (κ3) is 2.72. The smallest absolute Gasteiger partial charge is 0.172 e. The van der Waals surface area contributed by atoms with Crippen molar-refractivity contribution < 1.29 is 13.6 Å². The van der Waals surface area contributed by atoms with E-state index < -0.39 is 9.84 Å². The molecule has 0 bridgehead atoms. The van der Waals surface area contributed by atoms with E-state index in [1.165, 1.54) is 0 Å². The lowest BCUT2D eigenvalue weighted by Crippen LogP contribution is -2.48. The Bertz CT molecular complexity index is 640. The Morgan fingerprint density at radius 1 is 1.50 bits per heavy atom. The highest BCUT2D eigenvalue weighted by molar-refractivity contribution is 7.91. The van der Waals surface area contributed by atoms with E-state index in [2.05, 4.69) is 5.16 Å². The maximum absolute atomic E-state index is 11.7. The lowest BCUT2D eigenvalue weighted by atomic mass is 10.0. The van der Waals surface area contributed by atoms with Crippen molar-refractivity contribution in [1.29, 1.82) is 0 Å². The van der Waals surface area contributed by atoms with Crippen LogP contribution >= 0.6 is 0 Å². The van der Waals surface area contributed by atoms with Gasteiger partial charge >= 0.3 is 0 Å². The Hall–Kier alpha value is -1.76. The molecular weight excluding hydrogens is 278 g/mol. The zero-order valence-electron chi connectivity index (χ0n) is 11.6. The van der Waals surface area contributed by atoms with Gasteiger partial charge in [-0.25, -0.2) is 8.42 Å². The van der Waals surface area contributed by atoms with Crippen LogP contribution in [-0.4, -0.2) is 43.6 Å². The first-order chi connectivity index (χ1) is 9.35. The van der Waals surface area contributed by atoms with Crippen molar-refractivity contribution >= 4 is 21.4 Å². The van der Waals surface area contributed by atoms with Crippen LogP contribution in [0.1, 0.15) is 18.1 Å². The lowest BCUT2D eigenvalue weighted by Gasteiger charge is -2.37. The van der Waals surface area contributed by atoms with Gasteiger partial charge in [0, 0.05) is 18.2 Å². The molecule has 0 radical (unpaired) electrons. The topological polar surface area (TPSA) is 96.0 Å². The van der Waals surface area contributed by atoms with E-state index in [0.29, 0.717) is 12.1 Å². The molecule has 3 N–H and O–H groups in total. The molecule has 1 aromatic carbocycles. The molecule has 7 heteroatoms. The number of nitrogens with zero attached hydrogens (tertiary/aromatic N) is 2. The van der Waals surface area contributed by atoms with Crippen LogP contribution in [-0.2, 0) is 9.84 Å². The highest BCUT2D eigenvalue weighted by Crippen LogP contribution is 2.29. The molecule has 1 saturated heterocycles. The second-order valence-electron chi connectivity index (χ2n) is 5.11. The highest BCUT2D eigenvalue weighted by Gasteiger charge is 2.30. The summed E-state index contributed by atoms with van der Waals surface area (Å²) in [6.07, 6.45) is 0. The van der Waals surface area contributed by atoms with Gasteiger partial charge in [-0.05, 0) is 25.5 Å². The predicted octanol–water partition coefficient (Wildman–Crippen LogP) is 0.713. The van der Waals surface area contributed by atoms with E-state index in [9.17, 15) is 8.42 Å². The number of amidine groups is 1. The molecule has 1 atom stereocenters. The van der Waals surface area contributed by atoms with Gasteiger partial charge in [-0.3, -0.25) is 0 Å². The zero-order valence-corrected chi connectivity index (χ0v) is 12.4. The monoisotopic (exact) mass is 297 g/mol. The van der Waals surface area contributed by atoms with Gasteiger partial charge in [0.2, 0.25) is 0 Å². The second-order valence-corrected chi connectivity index (χ2v) is 7.34. The Balaban J connectivity index is 2.48. The molecule has 0 aliphatic carbocycles. The molecule has 2 rings (SSSR count). The van der Waals surface area contributed by atoms with Crippen LogP contribution in [0.3, 0.4) is 0 Å². The summed E-state index contributed by atoms with van der Waals surface area (Å²) in [4.78, 5) is 2.02. The Morgan fingerprint density at radius 2 is 2.20 bits per heavy atom. The van der Waals surface area contributed by atoms with Crippen molar-refractivity contribution in [2.45, 2.75) is 19.9 Å². The standard InChI is InChI=1S/C13H19N3O3S/c1-9-4-3-5-11(13(14)15-17)12(9)16-6-7-20(18,19)8-10(16)2/h3-5,10,17H,6-8H2,1-2H3,(H2,14,15). The third-order valence-electron chi connectivity index (χ3n) is 3.58. The minimum atomic E-state index is -2.98. The summed E-state index contributed by atoms with van der Waals surface area (Å²) in [7, 11) is -2.98. The van der Waals surface area contributed by atoms with Crippen LogP contribution in [0, 0.1) is 6.92 Å². The van der Waals surface area contributed by atoms with E-state index in [4.69, 9.17) is 10.9 Å². The van der Waals surface area contributed by atoms with Crippen molar-refractivity contribution in [3.05, 3.63) is 29.3 Å². The van der Waals surface area contributed by atoms with E-state index in [1.54, 1.807) is 6.07 Å². The molecule has 1 aliphatic heterocycles. The van der Waals surface area contributed by atoms with Gasteiger partial charge in [0.25, 0.3) is 0 Å². The molecule has 1 fully saturated rings. The Labute approximate surface area is 118 Å². The number of nitrogens with two attached hydrogens (primary N) is 1. The number of oxime groups is 1. The third-order valence-corrected chi connectivity index (χ3v) is 5.37. The number of aryl methyl sites for hydroxylation is 1. The molecule has 0 spiro atoms. The van der Waals surface area contributed by atoms with Gasteiger partial charge in [0.1, 0.15) is 0 Å². The molecular formula is C13H19N3O3S.